The first kappa shape index (κ1) is 18.0. The molecule has 0 aromatic heterocycles. The number of nitrogens with zero attached hydrogens (tertiary/aromatic N) is 1. The molecule has 0 radical (unpaired) electrons. The lowest BCUT2D eigenvalue weighted by atomic mass is 10.0. The molecule has 3 nitrogen and oxygen atoms in total. The fraction of sp³-hybridized carbons (Fsp3) is 0.381. The van der Waals surface area contributed by atoms with Crippen LogP contribution in [0, 0.1) is 6.92 Å². The largest absolute Gasteiger partial charge is 0.350 e. The van der Waals surface area contributed by atoms with E-state index in [2.05, 4.69) is 16.3 Å². The maximum absolute atomic E-state index is 12.5. The van der Waals surface area contributed by atoms with Crippen LogP contribution in [0.25, 0.3) is 0 Å². The van der Waals surface area contributed by atoms with E-state index in [0.29, 0.717) is 12.1 Å². The number of carbonyl (C=O) groups excluding carboxylic acids is 1. The number of hydrogen-bond donors (Lipinski definition) is 1. The summed E-state index contributed by atoms with van der Waals surface area (Å²) in [6.07, 6.45) is 3.68. The van der Waals surface area contributed by atoms with E-state index < -0.39 is 0 Å². The molecule has 1 amide bonds. The van der Waals surface area contributed by atoms with E-state index in [-0.39, 0.29) is 11.9 Å². The standard InChI is InChI=1S/C21H25ClN2O/c1-16-9-11-17(12-10-16)21(25)23-15-20(24-13-5-2-6-14-24)18-7-3-4-8-19(18)22/h3-4,7-12,20H,2,5-6,13-15H2,1H3,(H,23,25)/t20-/m0/s1. The average Bonchev–Trinajstić information content (AvgIpc) is 2.64. The van der Waals surface area contributed by atoms with Crippen molar-refractivity contribution in [2.75, 3.05) is 19.6 Å². The molecule has 0 aliphatic carbocycles. The van der Waals surface area contributed by atoms with Gasteiger partial charge in [0.25, 0.3) is 5.91 Å². The number of rotatable bonds is 5. The number of benzene rings is 2. The second-order valence-corrected chi connectivity index (χ2v) is 7.12. The quantitative estimate of drug-likeness (QED) is 0.848. The zero-order chi connectivity index (χ0) is 17.6. The summed E-state index contributed by atoms with van der Waals surface area (Å²) < 4.78 is 0. The Hall–Kier alpha value is -1.84. The van der Waals surface area contributed by atoms with Crippen molar-refractivity contribution < 1.29 is 4.79 Å². The molecule has 132 valence electrons. The van der Waals surface area contributed by atoms with Crippen LogP contribution in [0.3, 0.4) is 0 Å². The molecule has 1 aliphatic heterocycles. The lowest BCUT2D eigenvalue weighted by molar-refractivity contribution is 0.0924. The van der Waals surface area contributed by atoms with E-state index in [1.54, 1.807) is 0 Å². The van der Waals surface area contributed by atoms with Gasteiger partial charge < -0.3 is 5.32 Å². The summed E-state index contributed by atoms with van der Waals surface area (Å²) in [7, 11) is 0. The molecule has 4 heteroatoms. The molecular weight excluding hydrogens is 332 g/mol. The number of piperidine rings is 1. The van der Waals surface area contributed by atoms with Gasteiger partial charge in [-0.3, -0.25) is 9.69 Å². The molecule has 1 atom stereocenters. The molecule has 0 bridgehead atoms. The molecular formula is C21H25ClN2O. The number of aryl methyl sites for hydroxylation is 1. The number of hydrogen-bond acceptors (Lipinski definition) is 2. The Morgan fingerprint density at radius 1 is 1.08 bits per heavy atom. The highest BCUT2D eigenvalue weighted by atomic mass is 35.5. The summed E-state index contributed by atoms with van der Waals surface area (Å²) in [5.74, 6) is -0.0333. The topological polar surface area (TPSA) is 32.3 Å². The van der Waals surface area contributed by atoms with Crippen molar-refractivity contribution in [2.45, 2.75) is 32.2 Å². The van der Waals surface area contributed by atoms with Crippen molar-refractivity contribution in [3.05, 3.63) is 70.2 Å². The van der Waals surface area contributed by atoms with Gasteiger partial charge >= 0.3 is 0 Å². The molecule has 1 fully saturated rings. The normalized spacial score (nSPS) is 16.4. The van der Waals surface area contributed by atoms with Crippen LogP contribution in [0.1, 0.15) is 46.8 Å². The number of carbonyl (C=O) groups is 1. The van der Waals surface area contributed by atoms with Crippen LogP contribution >= 0.6 is 11.6 Å². The van der Waals surface area contributed by atoms with Crippen LogP contribution in [0.5, 0.6) is 0 Å². The second kappa shape index (κ2) is 8.50. The number of halogens is 1. The number of likely N-dealkylation sites (tertiary alicyclic amines) is 1. The minimum atomic E-state index is -0.0333. The van der Waals surface area contributed by atoms with Gasteiger partial charge in [-0.05, 0) is 56.6 Å². The maximum Gasteiger partial charge on any atom is 0.251 e. The Labute approximate surface area is 155 Å². The third kappa shape index (κ3) is 4.62. The van der Waals surface area contributed by atoms with Gasteiger partial charge in [-0.2, -0.15) is 0 Å². The highest BCUT2D eigenvalue weighted by Crippen LogP contribution is 2.29. The van der Waals surface area contributed by atoms with Gasteiger partial charge in [0.15, 0.2) is 0 Å². The van der Waals surface area contributed by atoms with E-state index in [1.807, 2.05) is 49.4 Å². The molecule has 1 saturated heterocycles. The van der Waals surface area contributed by atoms with Crippen molar-refractivity contribution in [3.8, 4) is 0 Å². The number of nitrogens with one attached hydrogen (secondary N) is 1. The summed E-state index contributed by atoms with van der Waals surface area (Å²) in [4.78, 5) is 14.9. The lowest BCUT2D eigenvalue weighted by Crippen LogP contribution is -2.40. The zero-order valence-electron chi connectivity index (χ0n) is 14.7. The van der Waals surface area contributed by atoms with Crippen molar-refractivity contribution in [1.29, 1.82) is 0 Å². The van der Waals surface area contributed by atoms with Gasteiger partial charge in [-0.15, -0.1) is 0 Å². The van der Waals surface area contributed by atoms with Gasteiger partial charge in [-0.25, -0.2) is 0 Å². The Balaban J connectivity index is 1.74. The molecule has 1 N–H and O–H groups in total. The predicted molar refractivity (Wildman–Crippen MR) is 103 cm³/mol. The first-order valence-corrected chi connectivity index (χ1v) is 9.36. The van der Waals surface area contributed by atoms with Crippen LogP contribution in [-0.4, -0.2) is 30.4 Å². The van der Waals surface area contributed by atoms with Crippen molar-refractivity contribution >= 4 is 17.5 Å². The monoisotopic (exact) mass is 356 g/mol. The molecule has 3 rings (SSSR count). The summed E-state index contributed by atoms with van der Waals surface area (Å²) in [6.45, 7) is 4.69. The Morgan fingerprint density at radius 2 is 1.76 bits per heavy atom. The van der Waals surface area contributed by atoms with Crippen LogP contribution in [0.2, 0.25) is 5.02 Å². The Morgan fingerprint density at radius 3 is 2.44 bits per heavy atom. The molecule has 2 aromatic rings. The fourth-order valence-electron chi connectivity index (χ4n) is 3.41. The Kier molecular flexibility index (Phi) is 6.11. The minimum absolute atomic E-state index is 0.0333. The van der Waals surface area contributed by atoms with E-state index in [0.717, 1.165) is 29.2 Å². The first-order valence-electron chi connectivity index (χ1n) is 8.98. The van der Waals surface area contributed by atoms with Gasteiger partial charge in [0.2, 0.25) is 0 Å². The summed E-state index contributed by atoms with van der Waals surface area (Å²) in [5.41, 5.74) is 2.94. The van der Waals surface area contributed by atoms with Crippen LogP contribution in [0.4, 0.5) is 0 Å². The number of amides is 1. The van der Waals surface area contributed by atoms with Gasteiger partial charge in [0, 0.05) is 17.1 Å². The molecule has 25 heavy (non-hydrogen) atoms. The van der Waals surface area contributed by atoms with Crippen molar-refractivity contribution in [1.82, 2.24) is 10.2 Å². The summed E-state index contributed by atoms with van der Waals surface area (Å²) >= 11 is 6.45. The SMILES string of the molecule is Cc1ccc(C(=O)NC[C@@H](c2ccccc2Cl)N2CCCCC2)cc1. The molecule has 0 unspecified atom stereocenters. The van der Waals surface area contributed by atoms with E-state index >= 15 is 0 Å². The average molecular weight is 357 g/mol. The second-order valence-electron chi connectivity index (χ2n) is 6.71. The van der Waals surface area contributed by atoms with Crippen LogP contribution in [-0.2, 0) is 0 Å². The van der Waals surface area contributed by atoms with E-state index in [1.165, 1.54) is 19.3 Å². The predicted octanol–water partition coefficient (Wildman–Crippen LogP) is 4.61. The molecule has 2 aromatic carbocycles. The highest BCUT2D eigenvalue weighted by Gasteiger charge is 2.24. The van der Waals surface area contributed by atoms with Gasteiger partial charge in [0.05, 0.1) is 6.04 Å². The van der Waals surface area contributed by atoms with Crippen molar-refractivity contribution in [2.24, 2.45) is 0 Å². The summed E-state index contributed by atoms with van der Waals surface area (Å²) in [5, 5.41) is 3.87. The summed E-state index contributed by atoms with van der Waals surface area (Å²) in [6, 6.07) is 15.7. The molecule has 0 saturated carbocycles. The van der Waals surface area contributed by atoms with Crippen LogP contribution in [0.15, 0.2) is 48.5 Å². The van der Waals surface area contributed by atoms with Crippen LogP contribution < -0.4 is 5.32 Å². The molecule has 0 spiro atoms. The highest BCUT2D eigenvalue weighted by molar-refractivity contribution is 6.31. The third-order valence-electron chi connectivity index (χ3n) is 4.87. The smallest absolute Gasteiger partial charge is 0.251 e. The minimum Gasteiger partial charge on any atom is -0.350 e. The molecule has 1 heterocycles. The Bertz CT molecular complexity index is 708. The van der Waals surface area contributed by atoms with Crippen molar-refractivity contribution in [3.63, 3.8) is 0 Å². The zero-order valence-corrected chi connectivity index (χ0v) is 15.4. The van der Waals surface area contributed by atoms with E-state index in [9.17, 15) is 4.79 Å². The van der Waals surface area contributed by atoms with Gasteiger partial charge in [0.1, 0.15) is 0 Å². The lowest BCUT2D eigenvalue weighted by Gasteiger charge is -2.35. The van der Waals surface area contributed by atoms with Gasteiger partial charge in [-0.1, -0.05) is 53.9 Å². The first-order chi connectivity index (χ1) is 12.1. The maximum atomic E-state index is 12.5. The molecule has 1 aliphatic rings. The fourth-order valence-corrected chi connectivity index (χ4v) is 3.67. The third-order valence-corrected chi connectivity index (χ3v) is 5.21. The van der Waals surface area contributed by atoms with E-state index in [4.69, 9.17) is 11.6 Å².